The number of rotatable bonds is 3. The quantitative estimate of drug-likeness (QED) is 0.382. The van der Waals surface area contributed by atoms with Gasteiger partial charge in [0.1, 0.15) is 0 Å². The molecule has 2 atom stereocenters. The summed E-state index contributed by atoms with van der Waals surface area (Å²) in [6.45, 7) is 2.19. The Morgan fingerprint density at radius 3 is 2.89 bits per heavy atom. The Kier molecular flexibility index (Phi) is 4.24. The van der Waals surface area contributed by atoms with E-state index >= 15 is 0 Å². The first-order chi connectivity index (χ1) is 9.10. The van der Waals surface area contributed by atoms with Crippen molar-refractivity contribution in [1.29, 1.82) is 0 Å². The normalized spacial score (nSPS) is 24.2. The van der Waals surface area contributed by atoms with Crippen molar-refractivity contribution in [2.45, 2.75) is 38.7 Å². The molecule has 1 saturated carbocycles. The molecule has 1 aliphatic rings. The van der Waals surface area contributed by atoms with E-state index in [4.69, 9.17) is 15.7 Å². The summed E-state index contributed by atoms with van der Waals surface area (Å²) in [6.07, 6.45) is 4.33. The summed E-state index contributed by atoms with van der Waals surface area (Å²) in [7, 11) is 0. The van der Waals surface area contributed by atoms with Crippen LogP contribution in [0, 0.1) is 11.7 Å². The molecule has 104 valence electrons. The van der Waals surface area contributed by atoms with Crippen LogP contribution < -0.4 is 10.5 Å². The number of halogens is 1. The van der Waals surface area contributed by atoms with E-state index in [-0.39, 0.29) is 17.7 Å². The van der Waals surface area contributed by atoms with Gasteiger partial charge in [0.25, 0.3) is 0 Å². The van der Waals surface area contributed by atoms with E-state index in [9.17, 15) is 4.39 Å². The molecule has 0 saturated heterocycles. The van der Waals surface area contributed by atoms with Gasteiger partial charge in [0.05, 0.1) is 6.10 Å². The van der Waals surface area contributed by atoms with Gasteiger partial charge in [-0.15, -0.1) is 0 Å². The van der Waals surface area contributed by atoms with Gasteiger partial charge in [0, 0.05) is 5.56 Å². The number of ether oxygens (including phenoxy) is 1. The Morgan fingerprint density at radius 1 is 1.47 bits per heavy atom. The van der Waals surface area contributed by atoms with E-state index in [0.29, 0.717) is 11.5 Å². The molecule has 2 rings (SSSR count). The zero-order valence-corrected chi connectivity index (χ0v) is 11.0. The van der Waals surface area contributed by atoms with Gasteiger partial charge in [0.2, 0.25) is 0 Å². The summed E-state index contributed by atoms with van der Waals surface area (Å²) >= 11 is 0. The van der Waals surface area contributed by atoms with Crippen LogP contribution in [-0.2, 0) is 0 Å². The summed E-state index contributed by atoms with van der Waals surface area (Å²) in [6, 6.07) is 4.33. The Morgan fingerprint density at radius 2 is 2.26 bits per heavy atom. The third-order valence-corrected chi connectivity index (χ3v) is 3.52. The lowest BCUT2D eigenvalue weighted by molar-refractivity contribution is 0.124. The van der Waals surface area contributed by atoms with Crippen LogP contribution in [-0.4, -0.2) is 17.1 Å². The number of benzene rings is 1. The lowest BCUT2D eigenvalue weighted by Crippen LogP contribution is -2.24. The van der Waals surface area contributed by atoms with E-state index in [1.54, 1.807) is 6.07 Å². The number of nitrogens with two attached hydrogens (primary N) is 1. The second-order valence-electron chi connectivity index (χ2n) is 5.14. The van der Waals surface area contributed by atoms with Crippen molar-refractivity contribution in [2.75, 3.05) is 0 Å². The molecule has 1 aromatic carbocycles. The van der Waals surface area contributed by atoms with Crippen molar-refractivity contribution >= 4 is 5.84 Å². The number of hydrogen-bond acceptors (Lipinski definition) is 3. The first-order valence-electron chi connectivity index (χ1n) is 6.54. The van der Waals surface area contributed by atoms with Crippen LogP contribution in [0.2, 0.25) is 0 Å². The number of nitrogens with zero attached hydrogens (tertiary/aromatic N) is 1. The molecule has 1 aliphatic carbocycles. The molecule has 0 radical (unpaired) electrons. The third-order valence-electron chi connectivity index (χ3n) is 3.52. The second kappa shape index (κ2) is 5.91. The maximum absolute atomic E-state index is 13.9. The van der Waals surface area contributed by atoms with Crippen molar-refractivity contribution < 1.29 is 14.3 Å². The molecule has 3 N–H and O–H groups in total. The molecule has 0 aliphatic heterocycles. The maximum atomic E-state index is 13.9. The van der Waals surface area contributed by atoms with Crippen LogP contribution in [0.5, 0.6) is 5.75 Å². The van der Waals surface area contributed by atoms with Crippen LogP contribution in [0.3, 0.4) is 0 Å². The van der Waals surface area contributed by atoms with E-state index in [1.807, 2.05) is 0 Å². The molecule has 1 aromatic rings. The van der Waals surface area contributed by atoms with Gasteiger partial charge in [0.15, 0.2) is 17.4 Å². The molecular weight excluding hydrogens is 247 g/mol. The molecule has 5 heteroatoms. The highest BCUT2D eigenvalue weighted by molar-refractivity contribution is 5.97. The van der Waals surface area contributed by atoms with E-state index in [2.05, 4.69) is 12.1 Å². The van der Waals surface area contributed by atoms with Crippen molar-refractivity contribution in [2.24, 2.45) is 16.8 Å². The first kappa shape index (κ1) is 13.6. The third kappa shape index (κ3) is 3.36. The zero-order chi connectivity index (χ0) is 13.8. The standard InChI is InChI=1S/C14H19FN2O2/c1-9-3-2-4-11(7-9)19-13-6-5-10(8-12(13)15)14(16)17-18/h5-6,8-9,11,18H,2-4,7H2,1H3,(H2,16,17). The number of oxime groups is 1. The van der Waals surface area contributed by atoms with Crippen LogP contribution in [0.15, 0.2) is 23.4 Å². The minimum atomic E-state index is -0.484. The molecular formula is C14H19FN2O2. The average Bonchev–Trinajstić information content (AvgIpc) is 2.40. The number of hydrogen-bond donors (Lipinski definition) is 2. The summed E-state index contributed by atoms with van der Waals surface area (Å²) in [5.41, 5.74) is 5.75. The summed E-state index contributed by atoms with van der Waals surface area (Å²) < 4.78 is 19.6. The van der Waals surface area contributed by atoms with Gasteiger partial charge in [-0.1, -0.05) is 18.5 Å². The van der Waals surface area contributed by atoms with Gasteiger partial charge >= 0.3 is 0 Å². The van der Waals surface area contributed by atoms with E-state index in [1.165, 1.54) is 18.6 Å². The fourth-order valence-electron chi connectivity index (χ4n) is 2.48. The van der Waals surface area contributed by atoms with Crippen LogP contribution in [0.4, 0.5) is 4.39 Å². The van der Waals surface area contributed by atoms with Crippen molar-refractivity contribution in [3.63, 3.8) is 0 Å². The highest BCUT2D eigenvalue weighted by atomic mass is 19.1. The van der Waals surface area contributed by atoms with Crippen LogP contribution in [0.25, 0.3) is 0 Å². The minimum absolute atomic E-state index is 0.0768. The highest BCUT2D eigenvalue weighted by Gasteiger charge is 2.21. The molecule has 0 amide bonds. The molecule has 19 heavy (non-hydrogen) atoms. The maximum Gasteiger partial charge on any atom is 0.170 e. The molecule has 0 aromatic heterocycles. The SMILES string of the molecule is CC1CCCC(Oc2ccc(/C(N)=N/O)cc2F)C1. The first-order valence-corrected chi connectivity index (χ1v) is 6.54. The Labute approximate surface area is 112 Å². The Hall–Kier alpha value is -1.78. The fraction of sp³-hybridized carbons (Fsp3) is 0.500. The van der Waals surface area contributed by atoms with Crippen molar-refractivity contribution in [3.05, 3.63) is 29.6 Å². The lowest BCUT2D eigenvalue weighted by atomic mass is 9.89. The zero-order valence-electron chi connectivity index (χ0n) is 11.0. The van der Waals surface area contributed by atoms with E-state index in [0.717, 1.165) is 19.3 Å². The summed E-state index contributed by atoms with van der Waals surface area (Å²) in [4.78, 5) is 0. The van der Waals surface area contributed by atoms with Crippen LogP contribution >= 0.6 is 0 Å². The fourth-order valence-corrected chi connectivity index (χ4v) is 2.48. The van der Waals surface area contributed by atoms with Crippen LogP contribution in [0.1, 0.15) is 38.2 Å². The summed E-state index contributed by atoms with van der Waals surface area (Å²) in [5.74, 6) is 0.255. The predicted molar refractivity (Wildman–Crippen MR) is 71.0 cm³/mol. The molecule has 2 unspecified atom stereocenters. The minimum Gasteiger partial charge on any atom is -0.487 e. The second-order valence-corrected chi connectivity index (χ2v) is 5.14. The molecule has 0 spiro atoms. The van der Waals surface area contributed by atoms with Gasteiger partial charge in [-0.3, -0.25) is 0 Å². The average molecular weight is 266 g/mol. The van der Waals surface area contributed by atoms with Gasteiger partial charge in [-0.05, 0) is 43.4 Å². The molecule has 4 nitrogen and oxygen atoms in total. The summed E-state index contributed by atoms with van der Waals surface area (Å²) in [5, 5.41) is 11.4. The molecule has 0 bridgehead atoms. The van der Waals surface area contributed by atoms with Crippen molar-refractivity contribution in [3.8, 4) is 5.75 Å². The topological polar surface area (TPSA) is 67.8 Å². The largest absolute Gasteiger partial charge is 0.487 e. The molecule has 1 fully saturated rings. The Balaban J connectivity index is 2.09. The predicted octanol–water partition coefficient (Wildman–Crippen LogP) is 2.88. The number of amidine groups is 1. The monoisotopic (exact) mass is 266 g/mol. The highest BCUT2D eigenvalue weighted by Crippen LogP contribution is 2.28. The lowest BCUT2D eigenvalue weighted by Gasteiger charge is -2.27. The molecule has 0 heterocycles. The Bertz CT molecular complexity index is 477. The van der Waals surface area contributed by atoms with Gasteiger partial charge < -0.3 is 15.7 Å². The smallest absolute Gasteiger partial charge is 0.170 e. The van der Waals surface area contributed by atoms with Gasteiger partial charge in [-0.25, -0.2) is 4.39 Å². The van der Waals surface area contributed by atoms with Gasteiger partial charge in [-0.2, -0.15) is 0 Å². The van der Waals surface area contributed by atoms with Crippen molar-refractivity contribution in [1.82, 2.24) is 0 Å². The van der Waals surface area contributed by atoms with E-state index < -0.39 is 5.82 Å².